The average molecular weight is 290 g/mol. The first-order chi connectivity index (χ1) is 10.1. The van der Waals surface area contributed by atoms with E-state index in [9.17, 15) is 9.59 Å². The summed E-state index contributed by atoms with van der Waals surface area (Å²) in [5, 5.41) is 0. The monoisotopic (exact) mass is 290 g/mol. The molecule has 0 heterocycles. The maximum Gasteiger partial charge on any atom is 0.339 e. The van der Waals surface area contributed by atoms with Gasteiger partial charge >= 0.3 is 11.9 Å². The van der Waals surface area contributed by atoms with Crippen molar-refractivity contribution in [3.63, 3.8) is 0 Å². The molecular formula is C17H22O4. The van der Waals surface area contributed by atoms with Crippen LogP contribution in [-0.4, -0.2) is 24.6 Å². The lowest BCUT2D eigenvalue weighted by molar-refractivity contribution is 0.00440. The molecule has 4 nitrogen and oxygen atoms in total. The predicted octanol–water partition coefficient (Wildman–Crippen LogP) is 3.60. The number of ether oxygens (including phenoxy) is 2. The van der Waals surface area contributed by atoms with Crippen molar-refractivity contribution in [2.45, 2.75) is 45.6 Å². The van der Waals surface area contributed by atoms with Gasteiger partial charge in [-0.15, -0.1) is 0 Å². The molecule has 2 unspecified atom stereocenters. The number of benzene rings is 1. The molecule has 2 atom stereocenters. The molecule has 2 rings (SSSR count). The molecule has 0 spiro atoms. The van der Waals surface area contributed by atoms with Crippen LogP contribution in [0.4, 0.5) is 0 Å². The van der Waals surface area contributed by atoms with Crippen LogP contribution < -0.4 is 0 Å². The third-order valence-electron chi connectivity index (χ3n) is 3.93. The summed E-state index contributed by atoms with van der Waals surface area (Å²) in [5.41, 5.74) is 0.557. The first kappa shape index (κ1) is 15.5. The Kier molecular flexibility index (Phi) is 5.37. The first-order valence-corrected chi connectivity index (χ1v) is 7.60. The highest BCUT2D eigenvalue weighted by Crippen LogP contribution is 2.27. The standard InChI is InChI=1S/C17H22O4/c1-3-20-16(18)13-9-5-6-10-14(13)17(19)21-15-11-7-4-8-12(15)2/h5-6,9-10,12,15H,3-4,7-8,11H2,1-2H3. The van der Waals surface area contributed by atoms with Crippen LogP contribution in [-0.2, 0) is 9.47 Å². The number of carbonyl (C=O) groups is 2. The Labute approximate surface area is 125 Å². The molecule has 1 aromatic rings. The van der Waals surface area contributed by atoms with Crippen molar-refractivity contribution >= 4 is 11.9 Å². The van der Waals surface area contributed by atoms with E-state index in [1.54, 1.807) is 31.2 Å². The summed E-state index contributed by atoms with van der Waals surface area (Å²) >= 11 is 0. The zero-order chi connectivity index (χ0) is 15.2. The molecule has 4 heteroatoms. The van der Waals surface area contributed by atoms with Gasteiger partial charge in [-0.25, -0.2) is 9.59 Å². The molecule has 1 fully saturated rings. The summed E-state index contributed by atoms with van der Waals surface area (Å²) in [7, 11) is 0. The third-order valence-corrected chi connectivity index (χ3v) is 3.93. The second-order valence-corrected chi connectivity index (χ2v) is 5.47. The highest BCUT2D eigenvalue weighted by Gasteiger charge is 2.27. The predicted molar refractivity (Wildman–Crippen MR) is 79.2 cm³/mol. The first-order valence-electron chi connectivity index (χ1n) is 7.60. The van der Waals surface area contributed by atoms with E-state index in [1.807, 2.05) is 0 Å². The smallest absolute Gasteiger partial charge is 0.339 e. The molecule has 1 saturated carbocycles. The van der Waals surface area contributed by atoms with E-state index in [0.29, 0.717) is 5.92 Å². The van der Waals surface area contributed by atoms with Crippen molar-refractivity contribution in [3.05, 3.63) is 35.4 Å². The number of hydrogen-bond donors (Lipinski definition) is 0. The molecule has 0 aromatic heterocycles. The molecule has 0 saturated heterocycles. The Bertz CT molecular complexity index is 509. The average Bonchev–Trinajstić information content (AvgIpc) is 2.50. The molecule has 0 bridgehead atoms. The Balaban J connectivity index is 2.13. The fourth-order valence-electron chi connectivity index (χ4n) is 2.71. The SMILES string of the molecule is CCOC(=O)c1ccccc1C(=O)OC1CCCCC1C. The highest BCUT2D eigenvalue weighted by molar-refractivity contribution is 6.03. The molecule has 0 N–H and O–H groups in total. The van der Waals surface area contributed by atoms with E-state index in [-0.39, 0.29) is 23.8 Å². The molecule has 21 heavy (non-hydrogen) atoms. The van der Waals surface area contributed by atoms with Crippen LogP contribution in [0.1, 0.15) is 60.2 Å². The van der Waals surface area contributed by atoms with Gasteiger partial charge in [-0.3, -0.25) is 0 Å². The van der Waals surface area contributed by atoms with Crippen molar-refractivity contribution in [2.24, 2.45) is 5.92 Å². The minimum absolute atomic E-state index is 0.0542. The fraction of sp³-hybridized carbons (Fsp3) is 0.529. The van der Waals surface area contributed by atoms with Gasteiger partial charge in [0.2, 0.25) is 0 Å². The van der Waals surface area contributed by atoms with Crippen molar-refractivity contribution in [1.82, 2.24) is 0 Å². The van der Waals surface area contributed by atoms with E-state index in [2.05, 4.69) is 6.92 Å². The van der Waals surface area contributed by atoms with Crippen molar-refractivity contribution in [2.75, 3.05) is 6.61 Å². The molecule has 1 aliphatic carbocycles. The zero-order valence-electron chi connectivity index (χ0n) is 12.6. The summed E-state index contributed by atoms with van der Waals surface area (Å²) < 4.78 is 10.6. The zero-order valence-corrected chi connectivity index (χ0v) is 12.6. The normalized spacial score (nSPS) is 21.6. The van der Waals surface area contributed by atoms with Crippen LogP contribution in [0.5, 0.6) is 0 Å². The largest absolute Gasteiger partial charge is 0.462 e. The van der Waals surface area contributed by atoms with E-state index in [4.69, 9.17) is 9.47 Å². The lowest BCUT2D eigenvalue weighted by Crippen LogP contribution is -2.29. The van der Waals surface area contributed by atoms with Gasteiger partial charge in [0, 0.05) is 0 Å². The van der Waals surface area contributed by atoms with E-state index < -0.39 is 11.9 Å². The summed E-state index contributed by atoms with van der Waals surface area (Å²) in [4.78, 5) is 24.3. The summed E-state index contributed by atoms with van der Waals surface area (Å²) in [6, 6.07) is 6.65. The second kappa shape index (κ2) is 7.25. The molecule has 1 aliphatic rings. The lowest BCUT2D eigenvalue weighted by atomic mass is 9.88. The number of carbonyl (C=O) groups excluding carboxylic acids is 2. The van der Waals surface area contributed by atoms with Crippen LogP contribution >= 0.6 is 0 Å². The van der Waals surface area contributed by atoms with Crippen LogP contribution in [0.2, 0.25) is 0 Å². The Morgan fingerprint density at radius 2 is 1.71 bits per heavy atom. The Hall–Kier alpha value is -1.84. The summed E-state index contributed by atoms with van der Waals surface area (Å²) in [6.45, 7) is 4.12. The van der Waals surface area contributed by atoms with E-state index >= 15 is 0 Å². The van der Waals surface area contributed by atoms with Gasteiger partial charge in [0.15, 0.2) is 0 Å². The fourth-order valence-corrected chi connectivity index (χ4v) is 2.71. The van der Waals surface area contributed by atoms with E-state index in [0.717, 1.165) is 19.3 Å². The molecular weight excluding hydrogens is 268 g/mol. The van der Waals surface area contributed by atoms with Gasteiger partial charge in [-0.05, 0) is 44.2 Å². The molecule has 1 aromatic carbocycles. The van der Waals surface area contributed by atoms with E-state index in [1.165, 1.54) is 6.42 Å². The minimum Gasteiger partial charge on any atom is -0.462 e. The lowest BCUT2D eigenvalue weighted by Gasteiger charge is -2.28. The van der Waals surface area contributed by atoms with Crippen LogP contribution in [0.3, 0.4) is 0 Å². The maximum atomic E-state index is 12.4. The summed E-state index contributed by atoms with van der Waals surface area (Å²) in [6.07, 6.45) is 4.20. The van der Waals surface area contributed by atoms with Gasteiger partial charge in [0.25, 0.3) is 0 Å². The molecule has 0 amide bonds. The maximum absolute atomic E-state index is 12.4. The van der Waals surface area contributed by atoms with Crippen LogP contribution in [0, 0.1) is 5.92 Å². The molecule has 0 aliphatic heterocycles. The van der Waals surface area contributed by atoms with Crippen molar-refractivity contribution < 1.29 is 19.1 Å². The number of rotatable bonds is 4. The number of esters is 2. The summed E-state index contributed by atoms with van der Waals surface area (Å²) in [5.74, 6) is -0.545. The van der Waals surface area contributed by atoms with Gasteiger partial charge in [-0.2, -0.15) is 0 Å². The van der Waals surface area contributed by atoms with Gasteiger partial charge in [0.05, 0.1) is 17.7 Å². The van der Waals surface area contributed by atoms with Crippen molar-refractivity contribution in [3.8, 4) is 0 Å². The van der Waals surface area contributed by atoms with Crippen LogP contribution in [0.15, 0.2) is 24.3 Å². The topological polar surface area (TPSA) is 52.6 Å². The van der Waals surface area contributed by atoms with Crippen molar-refractivity contribution in [1.29, 1.82) is 0 Å². The minimum atomic E-state index is -0.484. The van der Waals surface area contributed by atoms with Gasteiger partial charge < -0.3 is 9.47 Å². The van der Waals surface area contributed by atoms with Gasteiger partial charge in [-0.1, -0.05) is 25.5 Å². The van der Waals surface area contributed by atoms with Crippen LogP contribution in [0.25, 0.3) is 0 Å². The second-order valence-electron chi connectivity index (χ2n) is 5.47. The quantitative estimate of drug-likeness (QED) is 0.795. The van der Waals surface area contributed by atoms with Gasteiger partial charge in [0.1, 0.15) is 6.10 Å². The molecule has 0 radical (unpaired) electrons. The molecule has 114 valence electrons. The Morgan fingerprint density at radius 3 is 2.33 bits per heavy atom. The third kappa shape index (κ3) is 3.84. The Morgan fingerprint density at radius 1 is 1.10 bits per heavy atom. The highest BCUT2D eigenvalue weighted by atomic mass is 16.5. The number of hydrogen-bond acceptors (Lipinski definition) is 4.